The van der Waals surface area contributed by atoms with Crippen molar-refractivity contribution in [1.29, 1.82) is 0 Å². The number of hydrogen-bond acceptors (Lipinski definition) is 3. The summed E-state index contributed by atoms with van der Waals surface area (Å²) in [5.74, 6) is 1.67. The van der Waals surface area contributed by atoms with Gasteiger partial charge in [0.1, 0.15) is 0 Å². The minimum Gasteiger partial charge on any atom is -0.337 e. The molecule has 122 valence electrons. The molecule has 0 unspecified atom stereocenters. The van der Waals surface area contributed by atoms with Crippen molar-refractivity contribution in [2.75, 3.05) is 18.4 Å². The number of fused-ring (bicyclic) bond motifs is 1. The highest BCUT2D eigenvalue weighted by atomic mass is 32.1. The van der Waals surface area contributed by atoms with Crippen LogP contribution < -0.4 is 5.32 Å². The fraction of sp³-hybridized carbons (Fsp3) is 0.556. The summed E-state index contributed by atoms with van der Waals surface area (Å²) < 4.78 is 0. The van der Waals surface area contributed by atoms with Gasteiger partial charge in [0.15, 0.2) is 0 Å². The van der Waals surface area contributed by atoms with Crippen LogP contribution in [-0.4, -0.2) is 29.8 Å². The van der Waals surface area contributed by atoms with Gasteiger partial charge in [-0.05, 0) is 56.1 Å². The third kappa shape index (κ3) is 2.94. The molecule has 4 rings (SSSR count). The summed E-state index contributed by atoms with van der Waals surface area (Å²) in [7, 11) is 0. The molecule has 2 aliphatic carbocycles. The molecule has 0 radical (unpaired) electrons. The molecule has 0 aromatic carbocycles. The molecule has 0 spiro atoms. The monoisotopic (exact) mass is 330 g/mol. The van der Waals surface area contributed by atoms with Crippen LogP contribution in [0.15, 0.2) is 18.2 Å². The van der Waals surface area contributed by atoms with E-state index >= 15 is 0 Å². The number of anilines is 1. The number of allylic oxidation sites excluding steroid dienone is 2. The summed E-state index contributed by atoms with van der Waals surface area (Å²) in [4.78, 5) is 27.5. The lowest BCUT2D eigenvalue weighted by Crippen LogP contribution is -2.28. The van der Waals surface area contributed by atoms with Crippen LogP contribution in [0.1, 0.15) is 40.9 Å². The first-order valence-corrected chi connectivity index (χ1v) is 9.29. The second-order valence-electron chi connectivity index (χ2n) is 7.06. The zero-order valence-electron chi connectivity index (χ0n) is 13.4. The lowest BCUT2D eigenvalue weighted by atomic mass is 9.86. The Morgan fingerprint density at radius 1 is 1.17 bits per heavy atom. The number of rotatable bonds is 3. The number of nitrogens with one attached hydrogen (secondary N) is 1. The maximum Gasteiger partial charge on any atom is 0.264 e. The quantitative estimate of drug-likeness (QED) is 0.863. The van der Waals surface area contributed by atoms with Gasteiger partial charge in [-0.3, -0.25) is 9.59 Å². The number of amides is 2. The lowest BCUT2D eigenvalue weighted by molar-refractivity contribution is -0.117. The Hall–Kier alpha value is -1.62. The van der Waals surface area contributed by atoms with Crippen molar-refractivity contribution in [3.8, 4) is 0 Å². The van der Waals surface area contributed by atoms with Gasteiger partial charge in [-0.1, -0.05) is 12.2 Å². The fourth-order valence-corrected chi connectivity index (χ4v) is 4.69. The number of hydrogen-bond donors (Lipinski definition) is 1. The van der Waals surface area contributed by atoms with Gasteiger partial charge in [-0.2, -0.15) is 0 Å². The summed E-state index contributed by atoms with van der Waals surface area (Å²) in [6, 6.07) is 1.93. The number of thiophene rings is 1. The molecule has 0 bridgehead atoms. The standard InChI is InChI=1S/C18H22N2O2S/c1-11-8-15(19-17(21)12-6-7-12)23-16(11)18(22)20-9-13-4-2-3-5-14(13)10-20/h2-3,8,12-14H,4-7,9-10H2,1H3,(H,19,21)/t13-,14-/m1/s1. The summed E-state index contributed by atoms with van der Waals surface area (Å²) >= 11 is 1.42. The van der Waals surface area contributed by atoms with Crippen LogP contribution in [0.4, 0.5) is 5.00 Å². The molecular formula is C18H22N2O2S. The van der Waals surface area contributed by atoms with E-state index in [2.05, 4.69) is 17.5 Å². The lowest BCUT2D eigenvalue weighted by Gasteiger charge is -2.17. The second kappa shape index (κ2) is 5.78. The van der Waals surface area contributed by atoms with Crippen LogP contribution in [0.5, 0.6) is 0 Å². The van der Waals surface area contributed by atoms with Crippen molar-refractivity contribution in [3.63, 3.8) is 0 Å². The summed E-state index contributed by atoms with van der Waals surface area (Å²) in [6.07, 6.45) is 8.67. The Labute approximate surface area is 140 Å². The number of carbonyl (C=O) groups is 2. The zero-order chi connectivity index (χ0) is 16.0. The molecule has 2 fully saturated rings. The van der Waals surface area contributed by atoms with Crippen LogP contribution in [0.25, 0.3) is 0 Å². The van der Waals surface area contributed by atoms with E-state index in [0.29, 0.717) is 11.8 Å². The van der Waals surface area contributed by atoms with Gasteiger partial charge < -0.3 is 10.2 Å². The van der Waals surface area contributed by atoms with Gasteiger partial charge >= 0.3 is 0 Å². The van der Waals surface area contributed by atoms with Gasteiger partial charge in [0.05, 0.1) is 9.88 Å². The van der Waals surface area contributed by atoms with E-state index in [1.165, 1.54) is 11.3 Å². The minimum absolute atomic E-state index is 0.100. The average molecular weight is 330 g/mol. The van der Waals surface area contributed by atoms with E-state index in [-0.39, 0.29) is 17.7 Å². The molecule has 23 heavy (non-hydrogen) atoms. The molecule has 1 aromatic rings. The predicted molar refractivity (Wildman–Crippen MR) is 91.7 cm³/mol. The Balaban J connectivity index is 1.46. The van der Waals surface area contributed by atoms with Crippen molar-refractivity contribution in [2.24, 2.45) is 17.8 Å². The first kappa shape index (κ1) is 14.9. The van der Waals surface area contributed by atoms with Gasteiger partial charge in [0.25, 0.3) is 5.91 Å². The molecule has 5 heteroatoms. The molecule has 2 heterocycles. The molecule has 1 aromatic heterocycles. The van der Waals surface area contributed by atoms with E-state index in [1.54, 1.807) is 0 Å². The number of carbonyl (C=O) groups excluding carboxylic acids is 2. The summed E-state index contributed by atoms with van der Waals surface area (Å²) in [5, 5.41) is 3.77. The van der Waals surface area contributed by atoms with Crippen molar-refractivity contribution in [1.82, 2.24) is 4.90 Å². The summed E-state index contributed by atoms with van der Waals surface area (Å²) in [6.45, 7) is 3.70. The van der Waals surface area contributed by atoms with E-state index < -0.39 is 0 Å². The molecular weight excluding hydrogens is 308 g/mol. The molecule has 1 saturated carbocycles. The van der Waals surface area contributed by atoms with Gasteiger partial charge in [0.2, 0.25) is 5.91 Å². The number of nitrogens with zero attached hydrogens (tertiary/aromatic N) is 1. The minimum atomic E-state index is 0.100. The molecule has 2 amide bonds. The zero-order valence-corrected chi connectivity index (χ0v) is 14.2. The van der Waals surface area contributed by atoms with Gasteiger partial charge in [-0.25, -0.2) is 0 Å². The molecule has 3 aliphatic rings. The highest BCUT2D eigenvalue weighted by Gasteiger charge is 2.36. The van der Waals surface area contributed by atoms with Gasteiger partial charge in [0, 0.05) is 19.0 Å². The molecule has 1 N–H and O–H groups in total. The van der Waals surface area contributed by atoms with Crippen LogP contribution in [0.2, 0.25) is 0 Å². The van der Waals surface area contributed by atoms with Crippen molar-refractivity contribution < 1.29 is 9.59 Å². The van der Waals surface area contributed by atoms with Crippen LogP contribution in [0, 0.1) is 24.7 Å². The van der Waals surface area contributed by atoms with Crippen LogP contribution >= 0.6 is 11.3 Å². The largest absolute Gasteiger partial charge is 0.337 e. The smallest absolute Gasteiger partial charge is 0.264 e. The normalized spacial score (nSPS) is 26.2. The van der Waals surface area contributed by atoms with E-state index in [4.69, 9.17) is 0 Å². The molecule has 1 aliphatic heterocycles. The molecule has 4 nitrogen and oxygen atoms in total. The number of aryl methyl sites for hydroxylation is 1. The topological polar surface area (TPSA) is 49.4 Å². The van der Waals surface area contributed by atoms with Crippen LogP contribution in [-0.2, 0) is 4.79 Å². The molecule has 2 atom stereocenters. The maximum absolute atomic E-state index is 12.9. The Morgan fingerprint density at radius 3 is 2.43 bits per heavy atom. The van der Waals surface area contributed by atoms with E-state index in [0.717, 1.165) is 54.2 Å². The third-order valence-corrected chi connectivity index (χ3v) is 6.36. The number of likely N-dealkylation sites (tertiary alicyclic amines) is 1. The first-order valence-electron chi connectivity index (χ1n) is 8.47. The molecule has 1 saturated heterocycles. The highest BCUT2D eigenvalue weighted by molar-refractivity contribution is 7.18. The SMILES string of the molecule is Cc1cc(NC(=O)C2CC2)sc1C(=O)N1C[C@H]2CC=CC[C@@H]2C1. The van der Waals surface area contributed by atoms with Gasteiger partial charge in [-0.15, -0.1) is 11.3 Å². The second-order valence-corrected chi connectivity index (χ2v) is 8.11. The average Bonchev–Trinajstić information content (AvgIpc) is 3.20. The fourth-order valence-electron chi connectivity index (χ4n) is 3.65. The Bertz CT molecular complexity index is 659. The van der Waals surface area contributed by atoms with Crippen molar-refractivity contribution in [2.45, 2.75) is 32.6 Å². The Kier molecular flexibility index (Phi) is 3.76. The maximum atomic E-state index is 12.9. The predicted octanol–water partition coefficient (Wildman–Crippen LogP) is 3.44. The van der Waals surface area contributed by atoms with Crippen LogP contribution in [0.3, 0.4) is 0 Å². The highest BCUT2D eigenvalue weighted by Crippen LogP contribution is 2.36. The third-order valence-electron chi connectivity index (χ3n) is 5.21. The van der Waals surface area contributed by atoms with Crippen molar-refractivity contribution in [3.05, 3.63) is 28.7 Å². The van der Waals surface area contributed by atoms with Crippen molar-refractivity contribution >= 4 is 28.2 Å². The van der Waals surface area contributed by atoms with E-state index in [1.807, 2.05) is 17.9 Å². The Morgan fingerprint density at radius 2 is 1.83 bits per heavy atom. The van der Waals surface area contributed by atoms with E-state index in [9.17, 15) is 9.59 Å². The summed E-state index contributed by atoms with van der Waals surface area (Å²) in [5.41, 5.74) is 0.971. The first-order chi connectivity index (χ1) is 11.1.